The zero-order chi connectivity index (χ0) is 19.8. The normalized spacial score (nSPS) is 31.1. The van der Waals surface area contributed by atoms with Crippen LogP contribution in [0.15, 0.2) is 18.2 Å². The molecule has 1 amide bonds. The molecule has 3 heterocycles. The van der Waals surface area contributed by atoms with E-state index in [1.807, 2.05) is 6.07 Å². The number of morpholine rings is 1. The molecule has 1 aliphatic carbocycles. The average Bonchev–Trinajstić information content (AvgIpc) is 2.78. The van der Waals surface area contributed by atoms with Gasteiger partial charge in [0, 0.05) is 31.6 Å². The van der Waals surface area contributed by atoms with Crippen LogP contribution in [0.25, 0.3) is 0 Å². The Morgan fingerprint density at radius 2 is 2.10 bits per heavy atom. The summed E-state index contributed by atoms with van der Waals surface area (Å²) in [5.74, 6) is 1.36. The summed E-state index contributed by atoms with van der Waals surface area (Å²) in [6.45, 7) is 3.99. The van der Waals surface area contributed by atoms with Crippen LogP contribution in [0.5, 0.6) is 5.75 Å². The number of nitrogens with one attached hydrogen (secondary N) is 1. The molecule has 3 aliphatic heterocycles. The van der Waals surface area contributed by atoms with Crippen LogP contribution in [0, 0.1) is 5.92 Å². The minimum absolute atomic E-state index is 0.128. The molecule has 5 rings (SSSR count). The van der Waals surface area contributed by atoms with E-state index in [1.54, 1.807) is 7.11 Å². The predicted octanol–water partition coefficient (Wildman–Crippen LogP) is 2.24. The van der Waals surface area contributed by atoms with Crippen molar-refractivity contribution in [2.75, 3.05) is 40.0 Å². The zero-order valence-corrected chi connectivity index (χ0v) is 17.3. The molecule has 0 unspecified atom stereocenters. The first-order valence-electron chi connectivity index (χ1n) is 11.1. The van der Waals surface area contributed by atoms with Crippen LogP contribution in [0.2, 0.25) is 0 Å². The molecule has 4 aliphatic rings. The number of ether oxygens (including phenoxy) is 3. The number of methoxy groups -OCH3 is 1. The van der Waals surface area contributed by atoms with Gasteiger partial charge in [0.15, 0.2) is 0 Å². The summed E-state index contributed by atoms with van der Waals surface area (Å²) in [6.07, 6.45) is 5.81. The van der Waals surface area contributed by atoms with Gasteiger partial charge in [-0.1, -0.05) is 6.07 Å². The Balaban J connectivity index is 1.25. The highest BCUT2D eigenvalue weighted by atomic mass is 16.5. The van der Waals surface area contributed by atoms with Gasteiger partial charge in [-0.05, 0) is 61.8 Å². The third-order valence-electron chi connectivity index (χ3n) is 7.41. The van der Waals surface area contributed by atoms with Crippen molar-refractivity contribution < 1.29 is 19.0 Å². The van der Waals surface area contributed by atoms with Crippen LogP contribution in [0.3, 0.4) is 0 Å². The first-order chi connectivity index (χ1) is 14.2. The maximum Gasteiger partial charge on any atom is 0.225 e. The van der Waals surface area contributed by atoms with Crippen LogP contribution in [-0.4, -0.2) is 62.9 Å². The van der Waals surface area contributed by atoms with Crippen molar-refractivity contribution in [2.45, 2.75) is 56.3 Å². The van der Waals surface area contributed by atoms with Crippen LogP contribution in [0.1, 0.15) is 43.2 Å². The molecule has 6 nitrogen and oxygen atoms in total. The third-order valence-corrected chi connectivity index (χ3v) is 7.41. The van der Waals surface area contributed by atoms with Gasteiger partial charge >= 0.3 is 0 Å². The van der Waals surface area contributed by atoms with Crippen LogP contribution in [0.4, 0.5) is 0 Å². The summed E-state index contributed by atoms with van der Waals surface area (Å²) in [7, 11) is 1.71. The molecule has 0 aromatic heterocycles. The Hall–Kier alpha value is -1.63. The lowest BCUT2D eigenvalue weighted by atomic mass is 9.78. The monoisotopic (exact) mass is 400 g/mol. The summed E-state index contributed by atoms with van der Waals surface area (Å²) in [5, 5.41) is 3.55. The summed E-state index contributed by atoms with van der Waals surface area (Å²) < 4.78 is 17.6. The molecule has 158 valence electrons. The van der Waals surface area contributed by atoms with Crippen molar-refractivity contribution in [2.24, 2.45) is 5.92 Å². The largest absolute Gasteiger partial charge is 0.497 e. The van der Waals surface area contributed by atoms with E-state index in [9.17, 15) is 4.79 Å². The quantitative estimate of drug-likeness (QED) is 0.825. The number of carbonyl (C=O) groups excluding carboxylic acids is 1. The molecule has 1 N–H and O–H groups in total. The van der Waals surface area contributed by atoms with Crippen LogP contribution < -0.4 is 10.1 Å². The maximum absolute atomic E-state index is 13.2. The molecular weight excluding hydrogens is 368 g/mol. The molecule has 3 fully saturated rings. The van der Waals surface area contributed by atoms with Gasteiger partial charge in [-0.2, -0.15) is 0 Å². The highest BCUT2D eigenvalue weighted by molar-refractivity contribution is 5.79. The lowest BCUT2D eigenvalue weighted by Crippen LogP contribution is -2.55. The molecule has 0 radical (unpaired) electrons. The first kappa shape index (κ1) is 19.3. The Kier molecular flexibility index (Phi) is 5.26. The second-order valence-electron chi connectivity index (χ2n) is 8.92. The Labute approximate surface area is 172 Å². The van der Waals surface area contributed by atoms with Gasteiger partial charge in [0.25, 0.3) is 0 Å². The highest BCUT2D eigenvalue weighted by Gasteiger charge is 2.44. The number of carbonyl (C=O) groups is 1. The Morgan fingerprint density at radius 1 is 1.24 bits per heavy atom. The lowest BCUT2D eigenvalue weighted by Gasteiger charge is -2.46. The molecule has 3 atom stereocenters. The van der Waals surface area contributed by atoms with Gasteiger partial charge in [0.05, 0.1) is 32.0 Å². The summed E-state index contributed by atoms with van der Waals surface area (Å²) >= 11 is 0. The number of fused-ring (bicyclic) bond motifs is 3. The number of likely N-dealkylation sites (tertiary alicyclic amines) is 1. The molecule has 0 bridgehead atoms. The third kappa shape index (κ3) is 3.56. The molecule has 1 aromatic carbocycles. The predicted molar refractivity (Wildman–Crippen MR) is 109 cm³/mol. The van der Waals surface area contributed by atoms with Crippen molar-refractivity contribution in [3.63, 3.8) is 0 Å². The minimum Gasteiger partial charge on any atom is -0.497 e. The van der Waals surface area contributed by atoms with E-state index in [2.05, 4.69) is 22.3 Å². The molecule has 2 saturated heterocycles. The smallest absolute Gasteiger partial charge is 0.225 e. The van der Waals surface area contributed by atoms with E-state index in [1.165, 1.54) is 11.1 Å². The van der Waals surface area contributed by atoms with Crippen molar-refractivity contribution >= 4 is 5.91 Å². The van der Waals surface area contributed by atoms with Gasteiger partial charge in [-0.3, -0.25) is 4.79 Å². The fourth-order valence-corrected chi connectivity index (χ4v) is 5.78. The second-order valence-corrected chi connectivity index (χ2v) is 8.92. The van der Waals surface area contributed by atoms with E-state index < -0.39 is 0 Å². The Morgan fingerprint density at radius 3 is 2.93 bits per heavy atom. The van der Waals surface area contributed by atoms with Crippen molar-refractivity contribution in [3.8, 4) is 5.75 Å². The Bertz CT molecular complexity index is 759. The van der Waals surface area contributed by atoms with E-state index >= 15 is 0 Å². The average molecular weight is 401 g/mol. The number of rotatable bonds is 2. The number of piperidine rings is 1. The van der Waals surface area contributed by atoms with Gasteiger partial charge < -0.3 is 24.4 Å². The molecule has 1 aromatic rings. The second kappa shape index (κ2) is 7.89. The molecular formula is C23H32N2O4. The molecule has 6 heteroatoms. The van der Waals surface area contributed by atoms with Crippen molar-refractivity contribution in [1.29, 1.82) is 0 Å². The van der Waals surface area contributed by atoms with Gasteiger partial charge in [-0.25, -0.2) is 0 Å². The topological polar surface area (TPSA) is 60.0 Å². The standard InChI is InChI=1S/C23H32N2O4/c1-27-18-3-4-19-16(14-18)6-12-29-23(19)7-10-25(11-8-23)22(26)17-2-5-21-20(15-17)24-9-13-28-21/h3-4,14,17,20-21,24H,2,5-13,15H2,1H3/t17-,20+,21+/m0/s1. The van der Waals surface area contributed by atoms with E-state index in [0.29, 0.717) is 18.1 Å². The number of amides is 1. The number of hydrogen-bond acceptors (Lipinski definition) is 5. The van der Waals surface area contributed by atoms with Crippen molar-refractivity contribution in [3.05, 3.63) is 29.3 Å². The van der Waals surface area contributed by atoms with E-state index in [4.69, 9.17) is 14.2 Å². The zero-order valence-electron chi connectivity index (χ0n) is 17.3. The van der Waals surface area contributed by atoms with E-state index in [0.717, 1.165) is 77.1 Å². The number of hydrogen-bond donors (Lipinski definition) is 1. The lowest BCUT2D eigenvalue weighted by molar-refractivity contribution is -0.147. The summed E-state index contributed by atoms with van der Waals surface area (Å²) in [6, 6.07) is 6.69. The first-order valence-corrected chi connectivity index (χ1v) is 11.1. The number of nitrogens with zero attached hydrogens (tertiary/aromatic N) is 1. The number of benzene rings is 1. The van der Waals surface area contributed by atoms with Crippen molar-refractivity contribution in [1.82, 2.24) is 10.2 Å². The SMILES string of the molecule is COc1ccc2c(c1)CCOC21CCN(C(=O)[C@H]2CC[C@H]3OCCN[C@@H]3C2)CC1. The highest BCUT2D eigenvalue weighted by Crippen LogP contribution is 2.43. The van der Waals surface area contributed by atoms with Gasteiger partial charge in [0.2, 0.25) is 5.91 Å². The maximum atomic E-state index is 13.2. The van der Waals surface area contributed by atoms with Gasteiger partial charge in [-0.15, -0.1) is 0 Å². The molecule has 1 spiro atoms. The minimum atomic E-state index is -0.243. The fourth-order valence-electron chi connectivity index (χ4n) is 5.78. The van der Waals surface area contributed by atoms with Gasteiger partial charge in [0.1, 0.15) is 5.75 Å². The molecule has 29 heavy (non-hydrogen) atoms. The van der Waals surface area contributed by atoms with E-state index in [-0.39, 0.29) is 11.5 Å². The fraction of sp³-hybridized carbons (Fsp3) is 0.696. The summed E-state index contributed by atoms with van der Waals surface area (Å²) in [4.78, 5) is 15.3. The van der Waals surface area contributed by atoms with Crippen LogP contribution >= 0.6 is 0 Å². The summed E-state index contributed by atoms with van der Waals surface area (Å²) in [5.41, 5.74) is 2.38. The van der Waals surface area contributed by atoms with Crippen LogP contribution in [-0.2, 0) is 26.3 Å². The molecule has 1 saturated carbocycles.